The van der Waals surface area contributed by atoms with Crippen molar-refractivity contribution in [2.75, 3.05) is 19.6 Å². The number of rotatable bonds is 3. The van der Waals surface area contributed by atoms with Gasteiger partial charge in [0.2, 0.25) is 5.91 Å². The molecule has 2 rings (SSSR count). The van der Waals surface area contributed by atoms with Gasteiger partial charge < -0.3 is 14.8 Å². The number of nitrogens with one attached hydrogen (secondary N) is 1. The number of hydrogen-bond acceptors (Lipinski definition) is 3. The quantitative estimate of drug-likeness (QED) is 0.898. The lowest BCUT2D eigenvalue weighted by atomic mass is 10.1. The van der Waals surface area contributed by atoms with Crippen molar-refractivity contribution in [1.29, 1.82) is 0 Å². The normalized spacial score (nSPS) is 20.6. The number of carbonyl (C=O) groups is 1. The van der Waals surface area contributed by atoms with Crippen molar-refractivity contribution in [3.05, 3.63) is 18.7 Å². The summed E-state index contributed by atoms with van der Waals surface area (Å²) in [5, 5.41) is 3.26. The Bertz CT molecular complexity index is 408. The zero-order valence-corrected chi connectivity index (χ0v) is 12.1. The molecule has 0 unspecified atom stereocenters. The zero-order valence-electron chi connectivity index (χ0n) is 12.1. The van der Waals surface area contributed by atoms with Gasteiger partial charge >= 0.3 is 0 Å². The molecule has 5 nitrogen and oxygen atoms in total. The molecule has 1 fully saturated rings. The van der Waals surface area contributed by atoms with Gasteiger partial charge in [-0.05, 0) is 33.6 Å². The molecule has 106 valence electrons. The molecule has 0 aliphatic carbocycles. The molecule has 0 bridgehead atoms. The van der Waals surface area contributed by atoms with E-state index in [4.69, 9.17) is 0 Å². The molecular formula is C14H24N4O. The van der Waals surface area contributed by atoms with E-state index in [1.165, 1.54) is 0 Å². The van der Waals surface area contributed by atoms with E-state index in [9.17, 15) is 4.79 Å². The molecule has 1 amide bonds. The fourth-order valence-corrected chi connectivity index (χ4v) is 2.36. The lowest BCUT2D eigenvalue weighted by Crippen LogP contribution is -2.48. The highest BCUT2D eigenvalue weighted by atomic mass is 16.2. The highest BCUT2D eigenvalue weighted by Gasteiger charge is 2.24. The average molecular weight is 264 g/mol. The molecule has 1 aliphatic rings. The van der Waals surface area contributed by atoms with Crippen LogP contribution in [0.2, 0.25) is 0 Å². The maximum absolute atomic E-state index is 12.2. The molecule has 0 saturated carbocycles. The molecule has 1 N–H and O–H groups in total. The summed E-state index contributed by atoms with van der Waals surface area (Å²) in [5.74, 6) is 0.194. The molecule has 2 heterocycles. The van der Waals surface area contributed by atoms with Crippen molar-refractivity contribution in [2.45, 2.75) is 45.2 Å². The number of imidazole rings is 1. The van der Waals surface area contributed by atoms with Crippen molar-refractivity contribution < 1.29 is 4.79 Å². The van der Waals surface area contributed by atoms with Gasteiger partial charge in [0.05, 0.1) is 18.9 Å². The number of amides is 1. The maximum Gasteiger partial charge on any atom is 0.236 e. The number of carbonyl (C=O) groups excluding carboxylic acids is 1. The summed E-state index contributed by atoms with van der Waals surface area (Å²) in [6, 6.07) is 0.370. The van der Waals surface area contributed by atoms with Gasteiger partial charge in [-0.15, -0.1) is 0 Å². The Morgan fingerprint density at radius 1 is 1.47 bits per heavy atom. The molecule has 1 aromatic heterocycles. The summed E-state index contributed by atoms with van der Waals surface area (Å²) < 4.78 is 2.11. The van der Waals surface area contributed by atoms with Crippen LogP contribution in [0.25, 0.3) is 0 Å². The Hall–Kier alpha value is -1.36. The highest BCUT2D eigenvalue weighted by molar-refractivity contribution is 5.78. The van der Waals surface area contributed by atoms with E-state index in [-0.39, 0.29) is 11.4 Å². The van der Waals surface area contributed by atoms with Crippen molar-refractivity contribution >= 4 is 5.91 Å². The largest absolute Gasteiger partial charge is 0.340 e. The molecule has 19 heavy (non-hydrogen) atoms. The number of aromatic nitrogens is 2. The predicted octanol–water partition coefficient (Wildman–Crippen LogP) is 1.43. The van der Waals surface area contributed by atoms with Crippen LogP contribution in [0, 0.1) is 0 Å². The first kappa shape index (κ1) is 14.1. The van der Waals surface area contributed by atoms with E-state index >= 15 is 0 Å². The second kappa shape index (κ2) is 5.74. The van der Waals surface area contributed by atoms with E-state index in [0.29, 0.717) is 12.6 Å². The van der Waals surface area contributed by atoms with E-state index < -0.39 is 0 Å². The van der Waals surface area contributed by atoms with Gasteiger partial charge in [-0.2, -0.15) is 0 Å². The van der Waals surface area contributed by atoms with Gasteiger partial charge in [0.15, 0.2) is 0 Å². The summed E-state index contributed by atoms with van der Waals surface area (Å²) in [7, 11) is 0. The van der Waals surface area contributed by atoms with Crippen LogP contribution in [-0.4, -0.2) is 45.5 Å². The molecule has 0 spiro atoms. The minimum atomic E-state index is -0.0187. The van der Waals surface area contributed by atoms with E-state index in [1.807, 2.05) is 17.4 Å². The average Bonchev–Trinajstić information content (AvgIpc) is 2.89. The first-order chi connectivity index (χ1) is 8.96. The van der Waals surface area contributed by atoms with Crippen LogP contribution in [0.1, 0.15) is 39.7 Å². The lowest BCUT2D eigenvalue weighted by molar-refractivity contribution is -0.132. The second-order valence-electron chi connectivity index (χ2n) is 6.25. The number of hydrogen-bond donors (Lipinski definition) is 1. The second-order valence-corrected chi connectivity index (χ2v) is 6.25. The smallest absolute Gasteiger partial charge is 0.236 e. The molecule has 0 aromatic carbocycles. The fraction of sp³-hybridized carbons (Fsp3) is 0.714. The first-order valence-corrected chi connectivity index (χ1v) is 6.96. The molecule has 1 aromatic rings. The molecule has 5 heteroatoms. The zero-order chi connectivity index (χ0) is 13.9. The van der Waals surface area contributed by atoms with Crippen LogP contribution in [0.4, 0.5) is 0 Å². The summed E-state index contributed by atoms with van der Waals surface area (Å²) in [5.41, 5.74) is -0.0187. The molecule has 0 radical (unpaired) electrons. The van der Waals surface area contributed by atoms with Crippen LogP contribution in [0.3, 0.4) is 0 Å². The van der Waals surface area contributed by atoms with Crippen molar-refractivity contribution in [3.8, 4) is 0 Å². The summed E-state index contributed by atoms with van der Waals surface area (Å²) in [4.78, 5) is 18.2. The third kappa shape index (κ3) is 4.06. The summed E-state index contributed by atoms with van der Waals surface area (Å²) in [6.45, 7) is 8.30. The minimum Gasteiger partial charge on any atom is -0.340 e. The molecule has 1 atom stereocenters. The number of nitrogens with zero attached hydrogens (tertiary/aromatic N) is 3. The van der Waals surface area contributed by atoms with Gasteiger partial charge in [-0.1, -0.05) is 0 Å². The predicted molar refractivity (Wildman–Crippen MR) is 74.8 cm³/mol. The van der Waals surface area contributed by atoms with Crippen LogP contribution in [0.15, 0.2) is 18.7 Å². The highest BCUT2D eigenvalue weighted by Crippen LogP contribution is 2.21. The van der Waals surface area contributed by atoms with Gasteiger partial charge in [0, 0.05) is 31.0 Å². The van der Waals surface area contributed by atoms with Crippen LogP contribution in [-0.2, 0) is 4.79 Å². The standard InChI is InChI=1S/C14H24N4O/c1-14(2,3)16-9-13(19)17-7-4-5-12(10-17)18-8-6-15-11-18/h6,8,11-12,16H,4-5,7,9-10H2,1-3H3/t12-/m1/s1. The maximum atomic E-state index is 12.2. The first-order valence-electron chi connectivity index (χ1n) is 6.96. The third-order valence-electron chi connectivity index (χ3n) is 3.47. The molecule has 1 saturated heterocycles. The Balaban J connectivity index is 1.88. The Morgan fingerprint density at radius 2 is 2.26 bits per heavy atom. The van der Waals surface area contributed by atoms with Gasteiger partial charge in [0.25, 0.3) is 0 Å². The Morgan fingerprint density at radius 3 is 2.89 bits per heavy atom. The monoisotopic (exact) mass is 264 g/mol. The summed E-state index contributed by atoms with van der Waals surface area (Å²) >= 11 is 0. The molecular weight excluding hydrogens is 240 g/mol. The van der Waals surface area contributed by atoms with Crippen LogP contribution in [0.5, 0.6) is 0 Å². The summed E-state index contributed by atoms with van der Waals surface area (Å²) in [6.07, 6.45) is 7.79. The van der Waals surface area contributed by atoms with Crippen molar-refractivity contribution in [3.63, 3.8) is 0 Å². The fourth-order valence-electron chi connectivity index (χ4n) is 2.36. The third-order valence-corrected chi connectivity index (χ3v) is 3.47. The minimum absolute atomic E-state index is 0.0187. The van der Waals surface area contributed by atoms with Crippen LogP contribution < -0.4 is 5.32 Å². The number of likely N-dealkylation sites (tertiary alicyclic amines) is 1. The van der Waals surface area contributed by atoms with Gasteiger partial charge in [-0.3, -0.25) is 4.79 Å². The Kier molecular flexibility index (Phi) is 4.24. The number of piperidine rings is 1. The SMILES string of the molecule is CC(C)(C)NCC(=O)N1CCC[C@@H](n2ccnc2)C1. The van der Waals surface area contributed by atoms with Gasteiger partial charge in [-0.25, -0.2) is 4.98 Å². The van der Waals surface area contributed by atoms with E-state index in [2.05, 4.69) is 35.6 Å². The van der Waals surface area contributed by atoms with Crippen molar-refractivity contribution in [1.82, 2.24) is 19.8 Å². The van der Waals surface area contributed by atoms with Crippen molar-refractivity contribution in [2.24, 2.45) is 0 Å². The lowest BCUT2D eigenvalue weighted by Gasteiger charge is -2.34. The van der Waals surface area contributed by atoms with Crippen LogP contribution >= 0.6 is 0 Å². The van der Waals surface area contributed by atoms with Gasteiger partial charge in [0.1, 0.15) is 0 Å². The Labute approximate surface area is 115 Å². The topological polar surface area (TPSA) is 50.2 Å². The van der Waals surface area contributed by atoms with E-state index in [0.717, 1.165) is 25.9 Å². The van der Waals surface area contributed by atoms with E-state index in [1.54, 1.807) is 6.20 Å². The molecule has 1 aliphatic heterocycles.